The molecule has 0 saturated carbocycles. The molecule has 0 amide bonds. The van der Waals surface area contributed by atoms with E-state index in [1.165, 1.54) is 33.4 Å². The van der Waals surface area contributed by atoms with E-state index in [1.807, 2.05) is 0 Å². The summed E-state index contributed by atoms with van der Waals surface area (Å²) in [5.41, 5.74) is 15.4. The van der Waals surface area contributed by atoms with Crippen LogP contribution in [-0.4, -0.2) is 0 Å². The highest BCUT2D eigenvalue weighted by molar-refractivity contribution is 5.85. The van der Waals surface area contributed by atoms with Gasteiger partial charge in [0.05, 0.1) is 5.41 Å². The minimum atomic E-state index is -0.149. The van der Waals surface area contributed by atoms with Crippen molar-refractivity contribution in [3.05, 3.63) is 119 Å². The van der Waals surface area contributed by atoms with Crippen LogP contribution >= 0.6 is 0 Å². The Morgan fingerprint density at radius 3 is 1.96 bits per heavy atom. The maximum Gasteiger partial charge on any atom is 0.0538 e. The molecular weight excluding hydrogens is 314 g/mol. The molecular formula is C25H19N. The van der Waals surface area contributed by atoms with Crippen LogP contribution in [0, 0.1) is 5.92 Å². The zero-order valence-corrected chi connectivity index (χ0v) is 14.4. The van der Waals surface area contributed by atoms with Gasteiger partial charge < -0.3 is 5.73 Å². The van der Waals surface area contributed by atoms with Crippen LogP contribution in [0.1, 0.15) is 28.2 Å². The third kappa shape index (κ3) is 1.48. The van der Waals surface area contributed by atoms with Gasteiger partial charge in [-0.15, -0.1) is 0 Å². The molecule has 0 radical (unpaired) electrons. The van der Waals surface area contributed by atoms with E-state index in [9.17, 15) is 0 Å². The largest absolute Gasteiger partial charge is 0.399 e. The lowest BCUT2D eigenvalue weighted by Crippen LogP contribution is -2.33. The van der Waals surface area contributed by atoms with Gasteiger partial charge in [0.1, 0.15) is 0 Å². The fraction of sp³-hybridized carbons (Fsp3) is 0.120. The minimum Gasteiger partial charge on any atom is -0.399 e. The van der Waals surface area contributed by atoms with Crippen molar-refractivity contribution < 1.29 is 0 Å². The molecule has 0 aliphatic heterocycles. The molecule has 3 aliphatic rings. The molecule has 2 atom stereocenters. The van der Waals surface area contributed by atoms with Crippen molar-refractivity contribution in [3.8, 4) is 11.1 Å². The number of nitrogens with two attached hydrogens (primary N) is 1. The van der Waals surface area contributed by atoms with Crippen LogP contribution in [0.3, 0.4) is 0 Å². The van der Waals surface area contributed by atoms with Crippen LogP contribution in [0.2, 0.25) is 0 Å². The lowest BCUT2D eigenvalue weighted by molar-refractivity contribution is 0.462. The van der Waals surface area contributed by atoms with Crippen molar-refractivity contribution in [1.82, 2.24) is 0 Å². The number of hydrogen-bond donors (Lipinski definition) is 1. The Morgan fingerprint density at radius 1 is 0.692 bits per heavy atom. The summed E-state index contributed by atoms with van der Waals surface area (Å²) < 4.78 is 0. The average molecular weight is 333 g/mol. The molecule has 0 bridgehead atoms. The lowest BCUT2D eigenvalue weighted by Gasteiger charge is -2.36. The quantitative estimate of drug-likeness (QED) is 0.606. The molecule has 26 heavy (non-hydrogen) atoms. The van der Waals surface area contributed by atoms with Gasteiger partial charge in [0.15, 0.2) is 0 Å². The molecule has 0 saturated heterocycles. The molecule has 3 aliphatic carbocycles. The SMILES string of the molecule is NC1=CC2C(C=C1)c1ccccc1C21c2ccccc2-c2ccccc21. The van der Waals surface area contributed by atoms with Gasteiger partial charge in [0, 0.05) is 17.5 Å². The van der Waals surface area contributed by atoms with Gasteiger partial charge in [-0.3, -0.25) is 0 Å². The van der Waals surface area contributed by atoms with Crippen molar-refractivity contribution in [3.63, 3.8) is 0 Å². The predicted octanol–water partition coefficient (Wildman–Crippen LogP) is 5.13. The average Bonchev–Trinajstić information content (AvgIpc) is 3.15. The topological polar surface area (TPSA) is 26.0 Å². The van der Waals surface area contributed by atoms with Crippen LogP contribution in [0.25, 0.3) is 11.1 Å². The molecule has 3 aromatic rings. The van der Waals surface area contributed by atoms with Crippen LogP contribution < -0.4 is 5.73 Å². The maximum absolute atomic E-state index is 6.29. The third-order valence-electron chi connectivity index (χ3n) is 6.49. The Balaban J connectivity index is 1.80. The Morgan fingerprint density at radius 2 is 1.27 bits per heavy atom. The number of rotatable bonds is 0. The first kappa shape index (κ1) is 14.1. The number of hydrogen-bond acceptors (Lipinski definition) is 1. The third-order valence-corrected chi connectivity index (χ3v) is 6.49. The molecule has 0 aromatic heterocycles. The standard InChI is InChI=1S/C25H19N/c26-16-13-14-20-19-9-3-6-12-23(19)25(24(20)15-16)21-10-4-1-7-17(21)18-8-2-5-11-22(18)25/h1-15,20,24H,26H2. The highest BCUT2D eigenvalue weighted by Gasteiger charge is 2.56. The summed E-state index contributed by atoms with van der Waals surface area (Å²) in [6.07, 6.45) is 6.67. The van der Waals surface area contributed by atoms with Crippen molar-refractivity contribution >= 4 is 0 Å². The van der Waals surface area contributed by atoms with Crippen LogP contribution in [0.5, 0.6) is 0 Å². The van der Waals surface area contributed by atoms with Crippen molar-refractivity contribution in [2.24, 2.45) is 11.7 Å². The fourth-order valence-corrected chi connectivity index (χ4v) is 5.64. The fourth-order valence-electron chi connectivity index (χ4n) is 5.64. The highest BCUT2D eigenvalue weighted by atomic mass is 14.6. The second-order valence-corrected chi connectivity index (χ2v) is 7.56. The zero-order chi connectivity index (χ0) is 17.3. The van der Waals surface area contributed by atoms with Crippen LogP contribution in [-0.2, 0) is 5.41 Å². The molecule has 2 N–H and O–H groups in total. The summed E-state index contributed by atoms with van der Waals surface area (Å²) in [6.45, 7) is 0. The first-order valence-corrected chi connectivity index (χ1v) is 9.26. The summed E-state index contributed by atoms with van der Waals surface area (Å²) in [5.74, 6) is 0.687. The normalized spacial score (nSPS) is 23.2. The van der Waals surface area contributed by atoms with E-state index in [4.69, 9.17) is 5.73 Å². The molecule has 1 spiro atoms. The van der Waals surface area contributed by atoms with E-state index in [-0.39, 0.29) is 5.41 Å². The van der Waals surface area contributed by atoms with Crippen molar-refractivity contribution in [2.75, 3.05) is 0 Å². The molecule has 0 heterocycles. The van der Waals surface area contributed by atoms with Gasteiger partial charge in [0.2, 0.25) is 0 Å². The van der Waals surface area contributed by atoms with E-state index < -0.39 is 0 Å². The Labute approximate surface area is 153 Å². The summed E-state index contributed by atoms with van der Waals surface area (Å²) in [4.78, 5) is 0. The molecule has 1 heteroatoms. The van der Waals surface area contributed by atoms with E-state index in [1.54, 1.807) is 0 Å². The van der Waals surface area contributed by atoms with Crippen LogP contribution in [0.15, 0.2) is 96.7 Å². The molecule has 1 nitrogen and oxygen atoms in total. The van der Waals surface area contributed by atoms with Gasteiger partial charge in [-0.25, -0.2) is 0 Å². The first-order valence-electron chi connectivity index (χ1n) is 9.26. The zero-order valence-electron chi connectivity index (χ0n) is 14.4. The monoisotopic (exact) mass is 333 g/mol. The van der Waals surface area contributed by atoms with Crippen LogP contribution in [0.4, 0.5) is 0 Å². The minimum absolute atomic E-state index is 0.149. The number of benzene rings is 3. The number of fused-ring (bicyclic) bond motifs is 10. The van der Waals surface area contributed by atoms with Gasteiger partial charge in [-0.2, -0.15) is 0 Å². The molecule has 6 rings (SSSR count). The molecule has 3 aromatic carbocycles. The Kier molecular flexibility index (Phi) is 2.59. The van der Waals surface area contributed by atoms with Gasteiger partial charge in [0.25, 0.3) is 0 Å². The van der Waals surface area contributed by atoms with E-state index in [0.717, 1.165) is 5.70 Å². The summed E-state index contributed by atoms with van der Waals surface area (Å²) in [6, 6.07) is 26.8. The molecule has 2 unspecified atom stereocenters. The highest BCUT2D eigenvalue weighted by Crippen LogP contribution is 2.65. The summed E-state index contributed by atoms with van der Waals surface area (Å²) >= 11 is 0. The smallest absolute Gasteiger partial charge is 0.0538 e. The van der Waals surface area contributed by atoms with Gasteiger partial charge >= 0.3 is 0 Å². The first-order chi connectivity index (χ1) is 12.8. The van der Waals surface area contributed by atoms with Gasteiger partial charge in [-0.05, 0) is 39.5 Å². The van der Waals surface area contributed by atoms with Gasteiger partial charge in [-0.1, -0.05) is 84.9 Å². The predicted molar refractivity (Wildman–Crippen MR) is 106 cm³/mol. The van der Waals surface area contributed by atoms with Crippen molar-refractivity contribution in [2.45, 2.75) is 11.3 Å². The van der Waals surface area contributed by atoms with E-state index in [0.29, 0.717) is 11.8 Å². The Bertz CT molecular complexity index is 1070. The molecule has 0 fully saturated rings. The second-order valence-electron chi connectivity index (χ2n) is 7.56. The molecule has 124 valence electrons. The summed E-state index contributed by atoms with van der Waals surface area (Å²) in [7, 11) is 0. The lowest BCUT2D eigenvalue weighted by atomic mass is 9.65. The second kappa shape index (κ2) is 4.76. The number of allylic oxidation sites excluding steroid dienone is 3. The maximum atomic E-state index is 6.29. The summed E-state index contributed by atoms with van der Waals surface area (Å²) in [5, 5.41) is 0. The van der Waals surface area contributed by atoms with E-state index in [2.05, 4.69) is 91.0 Å². The van der Waals surface area contributed by atoms with Crippen molar-refractivity contribution in [1.29, 1.82) is 0 Å². The Hall–Kier alpha value is -3.06. The van der Waals surface area contributed by atoms with E-state index >= 15 is 0 Å².